The summed E-state index contributed by atoms with van der Waals surface area (Å²) in [6.07, 6.45) is 3.14. The highest BCUT2D eigenvalue weighted by atomic mass is 16.3. The average molecular weight is 223 g/mol. The molecule has 1 saturated heterocycles. The molecule has 1 fully saturated rings. The van der Waals surface area contributed by atoms with Crippen molar-refractivity contribution in [3.63, 3.8) is 0 Å². The molecule has 1 aliphatic rings. The summed E-state index contributed by atoms with van der Waals surface area (Å²) >= 11 is 0. The first-order valence-electron chi connectivity index (χ1n) is 5.99. The van der Waals surface area contributed by atoms with E-state index >= 15 is 0 Å². The second kappa shape index (κ2) is 4.18. The van der Waals surface area contributed by atoms with Crippen LogP contribution >= 0.6 is 0 Å². The second-order valence-corrected chi connectivity index (χ2v) is 5.19. The van der Waals surface area contributed by atoms with Gasteiger partial charge in [0.1, 0.15) is 0 Å². The molecule has 0 spiro atoms. The first-order valence-corrected chi connectivity index (χ1v) is 5.99. The first kappa shape index (κ1) is 11.6. The van der Waals surface area contributed by atoms with Gasteiger partial charge in [0.2, 0.25) is 0 Å². The van der Waals surface area contributed by atoms with Gasteiger partial charge in [-0.1, -0.05) is 6.92 Å². The lowest BCUT2D eigenvalue weighted by Crippen LogP contribution is -2.59. The van der Waals surface area contributed by atoms with Crippen molar-refractivity contribution in [1.29, 1.82) is 0 Å². The molecule has 0 saturated carbocycles. The number of aliphatic hydroxyl groups is 1. The van der Waals surface area contributed by atoms with E-state index in [9.17, 15) is 5.11 Å². The third-order valence-electron chi connectivity index (χ3n) is 3.22. The molecule has 1 atom stereocenters. The summed E-state index contributed by atoms with van der Waals surface area (Å²) < 4.78 is 2.02. The van der Waals surface area contributed by atoms with E-state index in [0.717, 1.165) is 31.7 Å². The number of likely N-dealkylation sites (tertiary alicyclic amines) is 1. The monoisotopic (exact) mass is 223 g/mol. The smallest absolute Gasteiger partial charge is 0.0872 e. The van der Waals surface area contributed by atoms with Gasteiger partial charge in [-0.05, 0) is 26.3 Å². The van der Waals surface area contributed by atoms with Gasteiger partial charge in [0.05, 0.1) is 11.3 Å². The highest BCUT2D eigenvalue weighted by Gasteiger charge is 2.36. The molecule has 1 aliphatic heterocycles. The minimum absolute atomic E-state index is 0.466. The maximum Gasteiger partial charge on any atom is 0.0872 e. The zero-order valence-corrected chi connectivity index (χ0v) is 10.3. The van der Waals surface area contributed by atoms with Crippen LogP contribution in [0.15, 0.2) is 12.3 Å². The summed E-state index contributed by atoms with van der Waals surface area (Å²) in [5, 5.41) is 14.2. The minimum Gasteiger partial charge on any atom is -0.388 e. The summed E-state index contributed by atoms with van der Waals surface area (Å²) in [7, 11) is 0. The minimum atomic E-state index is -0.487. The fraction of sp³-hybridized carbons (Fsp3) is 0.750. The molecule has 1 unspecified atom stereocenters. The maximum atomic E-state index is 9.63. The van der Waals surface area contributed by atoms with E-state index < -0.39 is 5.60 Å². The fourth-order valence-electron chi connectivity index (χ4n) is 2.15. The molecule has 0 aromatic carbocycles. The van der Waals surface area contributed by atoms with Crippen LogP contribution in [0.5, 0.6) is 0 Å². The van der Waals surface area contributed by atoms with Gasteiger partial charge in [-0.2, -0.15) is 5.10 Å². The van der Waals surface area contributed by atoms with Crippen LogP contribution in [-0.4, -0.2) is 38.5 Å². The molecule has 0 bridgehead atoms. The zero-order valence-electron chi connectivity index (χ0n) is 10.3. The summed E-state index contributed by atoms with van der Waals surface area (Å²) in [6.45, 7) is 8.57. The lowest BCUT2D eigenvalue weighted by Gasteiger charge is -2.43. The van der Waals surface area contributed by atoms with Crippen LogP contribution in [0, 0.1) is 0 Å². The van der Waals surface area contributed by atoms with Gasteiger partial charge in [0.15, 0.2) is 0 Å². The van der Waals surface area contributed by atoms with E-state index in [1.54, 1.807) is 0 Å². The van der Waals surface area contributed by atoms with Crippen molar-refractivity contribution in [3.05, 3.63) is 18.0 Å². The topological polar surface area (TPSA) is 41.3 Å². The average Bonchev–Trinajstić information content (AvgIpc) is 2.62. The molecular formula is C12H21N3O. The number of aromatic nitrogens is 2. The first-order chi connectivity index (χ1) is 7.50. The Morgan fingerprint density at radius 2 is 2.25 bits per heavy atom. The largest absolute Gasteiger partial charge is 0.388 e. The molecule has 2 heterocycles. The Labute approximate surface area is 96.9 Å². The van der Waals surface area contributed by atoms with E-state index in [2.05, 4.69) is 29.9 Å². The van der Waals surface area contributed by atoms with E-state index in [-0.39, 0.29) is 0 Å². The third-order valence-corrected chi connectivity index (χ3v) is 3.22. The standard InChI is InChI=1S/C12H21N3O/c1-4-10(2)15-6-5-11(13-15)7-14-8-12(3,16)9-14/h5-6,10,16H,4,7-9H2,1-3H3. The van der Waals surface area contributed by atoms with Crippen molar-refractivity contribution in [3.8, 4) is 0 Å². The molecule has 1 aromatic rings. The summed E-state index contributed by atoms with van der Waals surface area (Å²) in [5.74, 6) is 0. The van der Waals surface area contributed by atoms with Crippen molar-refractivity contribution in [2.24, 2.45) is 0 Å². The Bertz CT molecular complexity index is 351. The molecule has 4 heteroatoms. The van der Waals surface area contributed by atoms with E-state index in [1.165, 1.54) is 0 Å². The van der Waals surface area contributed by atoms with Gasteiger partial charge < -0.3 is 5.11 Å². The van der Waals surface area contributed by atoms with Crippen LogP contribution in [0.25, 0.3) is 0 Å². The normalized spacial score (nSPS) is 21.8. The third kappa shape index (κ3) is 2.44. The van der Waals surface area contributed by atoms with Crippen molar-refractivity contribution < 1.29 is 5.11 Å². The molecule has 1 aromatic heterocycles. The highest BCUT2D eigenvalue weighted by molar-refractivity contribution is 5.03. The molecule has 0 radical (unpaired) electrons. The number of hydrogen-bond acceptors (Lipinski definition) is 3. The SMILES string of the molecule is CCC(C)n1ccc(CN2CC(C)(O)C2)n1. The lowest BCUT2D eigenvalue weighted by molar-refractivity contribution is -0.0876. The van der Waals surface area contributed by atoms with Gasteiger partial charge >= 0.3 is 0 Å². The summed E-state index contributed by atoms with van der Waals surface area (Å²) in [4.78, 5) is 2.21. The van der Waals surface area contributed by atoms with Crippen LogP contribution in [0.3, 0.4) is 0 Å². The molecule has 1 N–H and O–H groups in total. The van der Waals surface area contributed by atoms with Gasteiger partial charge in [-0.3, -0.25) is 9.58 Å². The molecule has 0 amide bonds. The van der Waals surface area contributed by atoms with Crippen molar-refractivity contribution in [1.82, 2.24) is 14.7 Å². The number of nitrogens with zero attached hydrogens (tertiary/aromatic N) is 3. The van der Waals surface area contributed by atoms with Gasteiger partial charge in [0.25, 0.3) is 0 Å². The Morgan fingerprint density at radius 1 is 1.56 bits per heavy atom. The lowest BCUT2D eigenvalue weighted by atomic mass is 9.97. The summed E-state index contributed by atoms with van der Waals surface area (Å²) in [6, 6.07) is 2.53. The van der Waals surface area contributed by atoms with Crippen LogP contribution in [0.4, 0.5) is 0 Å². The van der Waals surface area contributed by atoms with Crippen molar-refractivity contribution >= 4 is 0 Å². The van der Waals surface area contributed by atoms with Gasteiger partial charge in [0, 0.05) is 31.9 Å². The molecule has 4 nitrogen and oxygen atoms in total. The Kier molecular flexibility index (Phi) is 3.04. The second-order valence-electron chi connectivity index (χ2n) is 5.19. The molecule has 0 aliphatic carbocycles. The van der Waals surface area contributed by atoms with Crippen LogP contribution in [0.2, 0.25) is 0 Å². The van der Waals surface area contributed by atoms with E-state index in [0.29, 0.717) is 6.04 Å². The van der Waals surface area contributed by atoms with E-state index in [4.69, 9.17) is 0 Å². The molecular weight excluding hydrogens is 202 g/mol. The summed E-state index contributed by atoms with van der Waals surface area (Å²) in [5.41, 5.74) is 0.607. The van der Waals surface area contributed by atoms with Gasteiger partial charge in [-0.25, -0.2) is 0 Å². The Balaban J connectivity index is 1.89. The molecule has 16 heavy (non-hydrogen) atoms. The predicted molar refractivity (Wildman–Crippen MR) is 63.1 cm³/mol. The number of rotatable bonds is 4. The van der Waals surface area contributed by atoms with Crippen molar-refractivity contribution in [2.45, 2.75) is 45.4 Å². The number of hydrogen-bond donors (Lipinski definition) is 1. The van der Waals surface area contributed by atoms with Crippen LogP contribution in [0.1, 0.15) is 38.9 Å². The Hall–Kier alpha value is -0.870. The fourth-order valence-corrected chi connectivity index (χ4v) is 2.15. The maximum absolute atomic E-state index is 9.63. The van der Waals surface area contributed by atoms with Gasteiger partial charge in [-0.15, -0.1) is 0 Å². The predicted octanol–water partition coefficient (Wildman–Crippen LogP) is 1.42. The molecule has 2 rings (SSSR count). The van der Waals surface area contributed by atoms with Crippen LogP contribution in [-0.2, 0) is 6.54 Å². The Morgan fingerprint density at radius 3 is 2.81 bits per heavy atom. The van der Waals surface area contributed by atoms with Crippen LogP contribution < -0.4 is 0 Å². The highest BCUT2D eigenvalue weighted by Crippen LogP contribution is 2.21. The number of β-amino-alcohol motifs (C(OH)–C–C–N with tert-alkyl or cyclic N) is 1. The van der Waals surface area contributed by atoms with E-state index in [1.807, 2.05) is 17.8 Å². The molecule has 90 valence electrons. The zero-order chi connectivity index (χ0) is 11.8. The quantitative estimate of drug-likeness (QED) is 0.839. The van der Waals surface area contributed by atoms with Crippen molar-refractivity contribution in [2.75, 3.05) is 13.1 Å².